The fourth-order valence-electron chi connectivity index (χ4n) is 2.97. The Labute approximate surface area is 117 Å². The number of hydrogen-bond acceptors (Lipinski definition) is 4. The Morgan fingerprint density at radius 3 is 2.85 bits per heavy atom. The molecule has 20 heavy (non-hydrogen) atoms. The fourth-order valence-corrected chi connectivity index (χ4v) is 2.97. The largest absolute Gasteiger partial charge is 0.480 e. The number of carboxylic acid groups (broad SMARTS) is 1. The molecule has 0 saturated carbocycles. The number of ether oxygens (including phenoxy) is 1. The zero-order chi connectivity index (χ0) is 14.7. The summed E-state index contributed by atoms with van der Waals surface area (Å²) in [7, 11) is 0. The van der Waals surface area contributed by atoms with E-state index in [1.807, 2.05) is 6.92 Å². The third-order valence-electron chi connectivity index (χ3n) is 4.09. The van der Waals surface area contributed by atoms with Crippen molar-refractivity contribution in [2.75, 3.05) is 19.7 Å². The second kappa shape index (κ2) is 6.41. The van der Waals surface area contributed by atoms with Crippen molar-refractivity contribution in [3.8, 4) is 0 Å². The van der Waals surface area contributed by atoms with E-state index in [0.29, 0.717) is 13.2 Å². The molecule has 2 saturated heterocycles. The monoisotopic (exact) mass is 286 g/mol. The van der Waals surface area contributed by atoms with E-state index >= 15 is 0 Å². The van der Waals surface area contributed by atoms with Crippen LogP contribution in [0.1, 0.15) is 26.2 Å². The lowest BCUT2D eigenvalue weighted by atomic mass is 10.00. The molecular weight excluding hydrogens is 264 g/mol. The van der Waals surface area contributed by atoms with E-state index in [1.165, 1.54) is 4.90 Å². The molecule has 3 N–H and O–H groups in total. The normalized spacial score (nSPS) is 33.4. The van der Waals surface area contributed by atoms with E-state index in [-0.39, 0.29) is 25.0 Å². The molecule has 7 nitrogen and oxygen atoms in total. The molecule has 7 heteroatoms. The molecule has 0 aromatic heterocycles. The predicted octanol–water partition coefficient (Wildman–Crippen LogP) is 0.0309. The van der Waals surface area contributed by atoms with Crippen molar-refractivity contribution < 1.29 is 24.5 Å². The summed E-state index contributed by atoms with van der Waals surface area (Å²) in [5.41, 5.74) is 0. The highest BCUT2D eigenvalue weighted by atomic mass is 16.5. The molecule has 2 rings (SSSR count). The average Bonchev–Trinajstić information content (AvgIpc) is 3.01. The van der Waals surface area contributed by atoms with Gasteiger partial charge in [0.05, 0.1) is 12.2 Å². The van der Waals surface area contributed by atoms with Gasteiger partial charge in [-0.15, -0.1) is 0 Å². The van der Waals surface area contributed by atoms with E-state index in [4.69, 9.17) is 9.84 Å². The fraction of sp³-hybridized carbons (Fsp3) is 0.846. The van der Waals surface area contributed by atoms with Gasteiger partial charge >= 0.3 is 12.0 Å². The molecule has 2 aliphatic rings. The first-order chi connectivity index (χ1) is 9.52. The molecule has 0 aromatic rings. The van der Waals surface area contributed by atoms with Crippen LogP contribution in [0.15, 0.2) is 0 Å². The molecule has 2 heterocycles. The van der Waals surface area contributed by atoms with Crippen molar-refractivity contribution in [1.82, 2.24) is 10.2 Å². The van der Waals surface area contributed by atoms with Gasteiger partial charge in [-0.2, -0.15) is 0 Å². The van der Waals surface area contributed by atoms with Crippen LogP contribution in [-0.4, -0.2) is 65.1 Å². The van der Waals surface area contributed by atoms with Gasteiger partial charge in [0.2, 0.25) is 0 Å². The number of β-amino-alcohol motifs (C(OH)–C–C–N with tert-alkyl or cyclic N) is 1. The van der Waals surface area contributed by atoms with Crippen molar-refractivity contribution in [3.63, 3.8) is 0 Å². The van der Waals surface area contributed by atoms with Crippen LogP contribution in [0.3, 0.4) is 0 Å². The SMILES string of the molecule is CCC1OCCC1CNC(=O)N1C[C@H](O)C[C@H]1C(=O)O. The van der Waals surface area contributed by atoms with Gasteiger partial charge in [0.25, 0.3) is 0 Å². The Balaban J connectivity index is 1.86. The van der Waals surface area contributed by atoms with Crippen molar-refractivity contribution in [1.29, 1.82) is 0 Å². The second-order valence-corrected chi connectivity index (χ2v) is 5.45. The Kier molecular flexibility index (Phi) is 4.82. The number of carbonyl (C=O) groups excluding carboxylic acids is 1. The maximum atomic E-state index is 12.1. The lowest BCUT2D eigenvalue weighted by molar-refractivity contribution is -0.141. The maximum absolute atomic E-state index is 12.1. The van der Waals surface area contributed by atoms with Gasteiger partial charge in [-0.05, 0) is 12.8 Å². The van der Waals surface area contributed by atoms with Crippen LogP contribution in [0.2, 0.25) is 0 Å². The van der Waals surface area contributed by atoms with Crippen LogP contribution in [0.5, 0.6) is 0 Å². The van der Waals surface area contributed by atoms with Crippen LogP contribution in [0.4, 0.5) is 4.79 Å². The first-order valence-corrected chi connectivity index (χ1v) is 7.09. The Hall–Kier alpha value is -1.34. The third kappa shape index (κ3) is 3.21. The summed E-state index contributed by atoms with van der Waals surface area (Å²) in [6.07, 6.45) is 1.30. The minimum atomic E-state index is -1.08. The topological polar surface area (TPSA) is 99.1 Å². The van der Waals surface area contributed by atoms with Crippen LogP contribution < -0.4 is 5.32 Å². The Morgan fingerprint density at radius 2 is 2.20 bits per heavy atom. The highest BCUT2D eigenvalue weighted by Gasteiger charge is 2.39. The van der Waals surface area contributed by atoms with E-state index in [1.54, 1.807) is 0 Å². The highest BCUT2D eigenvalue weighted by Crippen LogP contribution is 2.23. The molecule has 4 atom stereocenters. The zero-order valence-corrected chi connectivity index (χ0v) is 11.6. The number of rotatable bonds is 4. The van der Waals surface area contributed by atoms with Crippen LogP contribution in [0.25, 0.3) is 0 Å². The summed E-state index contributed by atoms with van der Waals surface area (Å²) < 4.78 is 5.55. The summed E-state index contributed by atoms with van der Waals surface area (Å²) in [5.74, 6) is -0.799. The number of aliphatic carboxylic acids is 1. The van der Waals surface area contributed by atoms with Gasteiger partial charge in [0, 0.05) is 32.0 Å². The second-order valence-electron chi connectivity index (χ2n) is 5.45. The molecule has 0 aliphatic carbocycles. The van der Waals surface area contributed by atoms with E-state index in [2.05, 4.69) is 5.32 Å². The van der Waals surface area contributed by atoms with Gasteiger partial charge in [-0.3, -0.25) is 0 Å². The quantitative estimate of drug-likeness (QED) is 0.677. The number of likely N-dealkylation sites (tertiary alicyclic amines) is 1. The van der Waals surface area contributed by atoms with Gasteiger partial charge in [0.15, 0.2) is 0 Å². The minimum absolute atomic E-state index is 0.0706. The third-order valence-corrected chi connectivity index (χ3v) is 4.09. The first-order valence-electron chi connectivity index (χ1n) is 7.09. The predicted molar refractivity (Wildman–Crippen MR) is 70.3 cm³/mol. The first kappa shape index (κ1) is 15.1. The molecular formula is C13H22N2O5. The summed E-state index contributed by atoms with van der Waals surface area (Å²) >= 11 is 0. The molecule has 0 radical (unpaired) electrons. The maximum Gasteiger partial charge on any atom is 0.326 e. The van der Waals surface area contributed by atoms with Crippen LogP contribution >= 0.6 is 0 Å². The van der Waals surface area contributed by atoms with Gasteiger partial charge < -0.3 is 25.2 Å². The molecule has 0 spiro atoms. The molecule has 2 unspecified atom stereocenters. The number of amides is 2. The molecule has 114 valence electrons. The van der Waals surface area contributed by atoms with E-state index in [0.717, 1.165) is 12.8 Å². The Morgan fingerprint density at radius 1 is 1.45 bits per heavy atom. The van der Waals surface area contributed by atoms with Gasteiger partial charge in [-0.1, -0.05) is 6.92 Å². The molecule has 0 aromatic carbocycles. The van der Waals surface area contributed by atoms with Crippen molar-refractivity contribution in [3.05, 3.63) is 0 Å². The number of nitrogens with one attached hydrogen (secondary N) is 1. The molecule has 2 fully saturated rings. The number of aliphatic hydroxyl groups is 1. The number of aliphatic hydroxyl groups excluding tert-OH is 1. The number of nitrogens with zero attached hydrogens (tertiary/aromatic N) is 1. The van der Waals surface area contributed by atoms with Crippen molar-refractivity contribution in [2.45, 2.75) is 44.4 Å². The molecule has 0 bridgehead atoms. The lowest BCUT2D eigenvalue weighted by Crippen LogP contribution is -2.47. The highest BCUT2D eigenvalue weighted by molar-refractivity contribution is 5.83. The summed E-state index contributed by atoms with van der Waals surface area (Å²) in [4.78, 5) is 24.3. The van der Waals surface area contributed by atoms with Gasteiger partial charge in [-0.25, -0.2) is 9.59 Å². The zero-order valence-electron chi connectivity index (χ0n) is 11.6. The van der Waals surface area contributed by atoms with Crippen molar-refractivity contribution >= 4 is 12.0 Å². The molecule has 2 amide bonds. The van der Waals surface area contributed by atoms with Crippen LogP contribution in [-0.2, 0) is 9.53 Å². The van der Waals surface area contributed by atoms with E-state index < -0.39 is 24.1 Å². The summed E-state index contributed by atoms with van der Waals surface area (Å²) in [6.45, 7) is 3.30. The van der Waals surface area contributed by atoms with E-state index in [9.17, 15) is 14.7 Å². The summed E-state index contributed by atoms with van der Waals surface area (Å²) in [5, 5.41) is 21.3. The number of hydrogen-bond donors (Lipinski definition) is 3. The number of carboxylic acids is 1. The number of urea groups is 1. The average molecular weight is 286 g/mol. The minimum Gasteiger partial charge on any atom is -0.480 e. The van der Waals surface area contributed by atoms with Gasteiger partial charge in [0.1, 0.15) is 6.04 Å². The lowest BCUT2D eigenvalue weighted by Gasteiger charge is -2.23. The summed E-state index contributed by atoms with van der Waals surface area (Å²) in [6, 6.07) is -1.36. The Bertz CT molecular complexity index is 376. The van der Waals surface area contributed by atoms with Crippen molar-refractivity contribution in [2.24, 2.45) is 5.92 Å². The number of carbonyl (C=O) groups is 2. The van der Waals surface area contributed by atoms with Crippen LogP contribution in [0, 0.1) is 5.92 Å². The smallest absolute Gasteiger partial charge is 0.326 e. The standard InChI is InChI=1S/C13H22N2O5/c1-2-11-8(3-4-20-11)6-14-13(19)15-7-9(16)5-10(15)12(17)18/h8-11,16H,2-7H2,1H3,(H,14,19)(H,17,18)/t8?,9-,10+,11?/m1/s1. The molecule has 2 aliphatic heterocycles.